The summed E-state index contributed by atoms with van der Waals surface area (Å²) in [5.41, 5.74) is 0. The fraction of sp³-hybridized carbons (Fsp3) is 1.00. The van der Waals surface area contributed by atoms with E-state index in [-0.39, 0.29) is 0 Å². The lowest BCUT2D eigenvalue weighted by Crippen LogP contribution is -2.40. The Kier molecular flexibility index (Phi) is 4.98. The topological polar surface area (TPSA) is 32.3 Å². The van der Waals surface area contributed by atoms with Crippen LogP contribution in [0.15, 0.2) is 0 Å². The number of rotatable bonds is 4. The van der Waals surface area contributed by atoms with Gasteiger partial charge in [-0.1, -0.05) is 19.8 Å². The maximum absolute atomic E-state index is 9.37. The minimum absolute atomic E-state index is 0.390. The van der Waals surface area contributed by atoms with E-state index < -0.39 is 0 Å². The Bertz CT molecular complexity index is 212. The molecule has 2 fully saturated rings. The number of aliphatic hydroxyl groups is 1. The summed E-state index contributed by atoms with van der Waals surface area (Å²) < 4.78 is 0. The highest BCUT2D eigenvalue weighted by Gasteiger charge is 2.28. The number of nitrogens with one attached hydrogen (secondary N) is 1. The Labute approximate surface area is 104 Å². The van der Waals surface area contributed by atoms with E-state index >= 15 is 0 Å². The van der Waals surface area contributed by atoms with Crippen LogP contribution in [-0.4, -0.2) is 35.3 Å². The summed E-state index contributed by atoms with van der Waals surface area (Å²) in [6, 6.07) is 0.714. The number of hydrogen-bond donors (Lipinski definition) is 2. The van der Waals surface area contributed by atoms with Crippen molar-refractivity contribution in [1.29, 1.82) is 0 Å². The fourth-order valence-electron chi connectivity index (χ4n) is 3.10. The van der Waals surface area contributed by atoms with Gasteiger partial charge in [-0.2, -0.15) is 11.8 Å². The fourth-order valence-corrected chi connectivity index (χ4v) is 4.32. The molecule has 1 saturated heterocycles. The summed E-state index contributed by atoms with van der Waals surface area (Å²) in [5.74, 6) is 2.59. The van der Waals surface area contributed by atoms with Gasteiger partial charge in [0, 0.05) is 17.9 Å². The monoisotopic (exact) mass is 243 g/mol. The van der Waals surface area contributed by atoms with Gasteiger partial charge in [-0.3, -0.25) is 0 Å². The first kappa shape index (κ1) is 12.7. The molecule has 16 heavy (non-hydrogen) atoms. The highest BCUT2D eigenvalue weighted by Crippen LogP contribution is 2.30. The van der Waals surface area contributed by atoms with Crippen LogP contribution in [-0.2, 0) is 0 Å². The molecule has 0 amide bonds. The molecule has 4 atom stereocenters. The van der Waals surface area contributed by atoms with Crippen molar-refractivity contribution in [2.24, 2.45) is 11.8 Å². The van der Waals surface area contributed by atoms with E-state index in [4.69, 9.17) is 0 Å². The van der Waals surface area contributed by atoms with Gasteiger partial charge in [-0.15, -0.1) is 0 Å². The van der Waals surface area contributed by atoms with Crippen molar-refractivity contribution < 1.29 is 5.11 Å². The summed E-state index contributed by atoms with van der Waals surface area (Å²) in [6.45, 7) is 3.85. The molecule has 94 valence electrons. The van der Waals surface area contributed by atoms with Gasteiger partial charge in [0.2, 0.25) is 0 Å². The average molecular weight is 243 g/mol. The molecule has 0 radical (unpaired) electrons. The summed E-state index contributed by atoms with van der Waals surface area (Å²) in [6.07, 6.45) is 6.54. The Morgan fingerprint density at radius 1 is 1.19 bits per heavy atom. The zero-order valence-corrected chi connectivity index (χ0v) is 11.1. The minimum atomic E-state index is 0.390. The van der Waals surface area contributed by atoms with E-state index in [1.807, 2.05) is 0 Å². The number of aliphatic hydroxyl groups excluding tert-OH is 1. The smallest absolute Gasteiger partial charge is 0.0462 e. The van der Waals surface area contributed by atoms with Gasteiger partial charge in [0.1, 0.15) is 0 Å². The summed E-state index contributed by atoms with van der Waals surface area (Å²) in [5, 5.41) is 13.9. The van der Waals surface area contributed by atoms with Crippen molar-refractivity contribution in [2.75, 3.05) is 18.9 Å². The molecule has 1 saturated carbocycles. The quantitative estimate of drug-likeness (QED) is 0.794. The predicted molar refractivity (Wildman–Crippen MR) is 70.9 cm³/mol. The number of thioether (sulfide) groups is 1. The Hall–Kier alpha value is 0.270. The molecule has 2 nitrogen and oxygen atoms in total. The third kappa shape index (κ3) is 3.14. The summed E-state index contributed by atoms with van der Waals surface area (Å²) in [4.78, 5) is 0. The third-order valence-electron chi connectivity index (χ3n) is 4.32. The first-order valence-electron chi connectivity index (χ1n) is 6.77. The second-order valence-corrected chi connectivity index (χ2v) is 6.85. The van der Waals surface area contributed by atoms with Crippen molar-refractivity contribution in [3.63, 3.8) is 0 Å². The maximum Gasteiger partial charge on any atom is 0.0462 e. The largest absolute Gasteiger partial charge is 0.396 e. The molecule has 4 unspecified atom stereocenters. The van der Waals surface area contributed by atoms with Crippen LogP contribution in [0.5, 0.6) is 0 Å². The van der Waals surface area contributed by atoms with Crippen LogP contribution in [0.3, 0.4) is 0 Å². The summed E-state index contributed by atoms with van der Waals surface area (Å²) >= 11 is 2.09. The molecular formula is C13H25NOS. The lowest BCUT2D eigenvalue weighted by Gasteiger charge is -2.31. The van der Waals surface area contributed by atoms with Crippen molar-refractivity contribution in [2.45, 2.75) is 50.3 Å². The Morgan fingerprint density at radius 2 is 1.94 bits per heavy atom. The normalized spacial score (nSPS) is 40.1. The van der Waals surface area contributed by atoms with Gasteiger partial charge in [-0.25, -0.2) is 0 Å². The standard InChI is InChI=1S/C13H25NOS/c1-10-13(6-7-16-10)14-8-11-4-2-3-5-12(11)9-15/h10-15H,2-9H2,1H3. The van der Waals surface area contributed by atoms with Crippen LogP contribution in [0.2, 0.25) is 0 Å². The van der Waals surface area contributed by atoms with Gasteiger partial charge >= 0.3 is 0 Å². The second-order valence-electron chi connectivity index (χ2n) is 5.37. The molecule has 0 bridgehead atoms. The van der Waals surface area contributed by atoms with Gasteiger partial charge in [0.05, 0.1) is 0 Å². The molecule has 1 heterocycles. The first-order chi connectivity index (χ1) is 7.81. The molecule has 2 aliphatic rings. The van der Waals surface area contributed by atoms with Crippen molar-refractivity contribution in [3.05, 3.63) is 0 Å². The third-order valence-corrected chi connectivity index (χ3v) is 5.65. The van der Waals surface area contributed by atoms with E-state index in [0.717, 1.165) is 17.7 Å². The minimum Gasteiger partial charge on any atom is -0.396 e. The highest BCUT2D eigenvalue weighted by atomic mass is 32.2. The molecule has 2 rings (SSSR count). The molecule has 2 N–H and O–H groups in total. The highest BCUT2D eigenvalue weighted by molar-refractivity contribution is 8.00. The average Bonchev–Trinajstić information content (AvgIpc) is 2.72. The summed E-state index contributed by atoms with van der Waals surface area (Å²) in [7, 11) is 0. The van der Waals surface area contributed by atoms with Crippen molar-refractivity contribution in [3.8, 4) is 0 Å². The molecule has 0 aromatic rings. The molecule has 3 heteroatoms. The predicted octanol–water partition coefficient (Wildman–Crippen LogP) is 2.27. The molecule has 0 aromatic heterocycles. The van der Waals surface area contributed by atoms with Crippen LogP contribution < -0.4 is 5.32 Å². The van der Waals surface area contributed by atoms with E-state index in [0.29, 0.717) is 18.6 Å². The second kappa shape index (κ2) is 6.27. The Morgan fingerprint density at radius 3 is 2.56 bits per heavy atom. The van der Waals surface area contributed by atoms with Gasteiger partial charge < -0.3 is 10.4 Å². The molecule has 0 spiro atoms. The SMILES string of the molecule is CC1SCCC1NCC1CCCCC1CO. The maximum atomic E-state index is 9.37. The number of hydrogen-bond acceptors (Lipinski definition) is 3. The van der Waals surface area contributed by atoms with Crippen LogP contribution in [0.1, 0.15) is 39.0 Å². The van der Waals surface area contributed by atoms with E-state index in [9.17, 15) is 5.11 Å². The zero-order chi connectivity index (χ0) is 11.4. The van der Waals surface area contributed by atoms with Crippen LogP contribution in [0.4, 0.5) is 0 Å². The molecular weight excluding hydrogens is 218 g/mol. The zero-order valence-electron chi connectivity index (χ0n) is 10.3. The van der Waals surface area contributed by atoms with Crippen molar-refractivity contribution in [1.82, 2.24) is 5.32 Å². The molecule has 1 aliphatic carbocycles. The lowest BCUT2D eigenvalue weighted by molar-refractivity contribution is 0.131. The van der Waals surface area contributed by atoms with Gasteiger partial charge in [0.25, 0.3) is 0 Å². The lowest BCUT2D eigenvalue weighted by atomic mass is 9.79. The van der Waals surface area contributed by atoms with E-state index in [2.05, 4.69) is 24.0 Å². The van der Waals surface area contributed by atoms with Gasteiger partial charge in [0.15, 0.2) is 0 Å². The van der Waals surface area contributed by atoms with Crippen LogP contribution in [0.25, 0.3) is 0 Å². The van der Waals surface area contributed by atoms with Crippen LogP contribution >= 0.6 is 11.8 Å². The molecule has 0 aromatic carbocycles. The van der Waals surface area contributed by atoms with Crippen molar-refractivity contribution >= 4 is 11.8 Å². The van der Waals surface area contributed by atoms with E-state index in [1.54, 1.807) is 0 Å². The Balaban J connectivity index is 1.75. The van der Waals surface area contributed by atoms with Gasteiger partial charge in [-0.05, 0) is 43.4 Å². The molecule has 1 aliphatic heterocycles. The first-order valence-corrected chi connectivity index (χ1v) is 7.82. The van der Waals surface area contributed by atoms with E-state index in [1.165, 1.54) is 37.9 Å². The van der Waals surface area contributed by atoms with Crippen LogP contribution in [0, 0.1) is 11.8 Å².